The highest BCUT2D eigenvalue weighted by Crippen LogP contribution is 2.20. The van der Waals surface area contributed by atoms with Crippen molar-refractivity contribution in [2.45, 2.75) is 32.2 Å². The van der Waals surface area contributed by atoms with E-state index in [4.69, 9.17) is 0 Å². The summed E-state index contributed by atoms with van der Waals surface area (Å²) in [6.45, 7) is 5.35. The van der Waals surface area contributed by atoms with E-state index in [1.807, 2.05) is 18.2 Å². The highest BCUT2D eigenvalue weighted by Gasteiger charge is 2.08. The average molecular weight is 269 g/mol. The smallest absolute Gasteiger partial charge is 0.115 e. The van der Waals surface area contributed by atoms with E-state index in [-0.39, 0.29) is 6.04 Å². The van der Waals surface area contributed by atoms with Crippen LogP contribution in [0.3, 0.4) is 0 Å². The second kappa shape index (κ2) is 7.11. The first kappa shape index (κ1) is 14.6. The Kier molecular flexibility index (Phi) is 5.19. The number of hydrogen-bond acceptors (Lipinski definition) is 2. The van der Waals surface area contributed by atoms with Crippen LogP contribution in [-0.2, 0) is 0 Å². The first-order valence-corrected chi connectivity index (χ1v) is 7.24. The minimum Gasteiger partial charge on any atom is -0.508 e. The van der Waals surface area contributed by atoms with Gasteiger partial charge in [0.2, 0.25) is 0 Å². The summed E-state index contributed by atoms with van der Waals surface area (Å²) in [5.41, 5.74) is 2.51. The number of benzene rings is 2. The predicted octanol–water partition coefficient (Wildman–Crippen LogP) is 4.24. The van der Waals surface area contributed by atoms with Crippen LogP contribution in [0.25, 0.3) is 0 Å². The predicted molar refractivity (Wildman–Crippen MR) is 84.0 cm³/mol. The molecular weight excluding hydrogens is 246 g/mol. The maximum Gasteiger partial charge on any atom is 0.115 e. The van der Waals surface area contributed by atoms with Crippen molar-refractivity contribution in [3.8, 4) is 5.75 Å². The van der Waals surface area contributed by atoms with Crippen molar-refractivity contribution in [2.75, 3.05) is 6.54 Å². The molecule has 0 spiro atoms. The topological polar surface area (TPSA) is 32.3 Å². The van der Waals surface area contributed by atoms with Crippen molar-refractivity contribution in [1.82, 2.24) is 5.32 Å². The van der Waals surface area contributed by atoms with Crippen LogP contribution >= 0.6 is 0 Å². The maximum absolute atomic E-state index is 9.50. The third-order valence-corrected chi connectivity index (χ3v) is 3.77. The highest BCUT2D eigenvalue weighted by atomic mass is 16.3. The second-order valence-electron chi connectivity index (χ2n) is 5.37. The summed E-state index contributed by atoms with van der Waals surface area (Å²) in [5.74, 6) is 0.883. The Bertz CT molecular complexity index is 524. The Morgan fingerprint density at radius 3 is 2.35 bits per heavy atom. The van der Waals surface area contributed by atoms with E-state index in [9.17, 15) is 5.11 Å². The van der Waals surface area contributed by atoms with Gasteiger partial charge in [0.05, 0.1) is 0 Å². The zero-order chi connectivity index (χ0) is 14.4. The van der Waals surface area contributed by atoms with Crippen LogP contribution in [0.5, 0.6) is 5.75 Å². The van der Waals surface area contributed by atoms with Gasteiger partial charge in [-0.15, -0.1) is 0 Å². The number of phenolic OH excluding ortho intramolecular Hbond substituents is 1. The summed E-state index contributed by atoms with van der Waals surface area (Å²) < 4.78 is 0. The molecule has 0 saturated carbocycles. The summed E-state index contributed by atoms with van der Waals surface area (Å²) >= 11 is 0. The lowest BCUT2D eigenvalue weighted by Gasteiger charge is -2.17. The largest absolute Gasteiger partial charge is 0.508 e. The molecule has 20 heavy (non-hydrogen) atoms. The number of rotatable bonds is 6. The van der Waals surface area contributed by atoms with Gasteiger partial charge in [0.1, 0.15) is 5.75 Å². The van der Waals surface area contributed by atoms with Gasteiger partial charge in [0.25, 0.3) is 0 Å². The number of phenols is 1. The normalized spacial score (nSPS) is 13.9. The second-order valence-corrected chi connectivity index (χ2v) is 5.37. The molecule has 2 unspecified atom stereocenters. The van der Waals surface area contributed by atoms with Gasteiger partial charge in [0.15, 0.2) is 0 Å². The molecule has 2 nitrogen and oxygen atoms in total. The van der Waals surface area contributed by atoms with Crippen LogP contribution in [0.1, 0.15) is 43.4 Å². The van der Waals surface area contributed by atoms with Crippen LogP contribution in [0.15, 0.2) is 54.6 Å². The molecule has 0 amide bonds. The summed E-state index contributed by atoms with van der Waals surface area (Å²) in [6, 6.07) is 18.3. The van der Waals surface area contributed by atoms with E-state index in [1.54, 1.807) is 6.07 Å². The van der Waals surface area contributed by atoms with Crippen molar-refractivity contribution in [3.63, 3.8) is 0 Å². The first-order chi connectivity index (χ1) is 9.66. The van der Waals surface area contributed by atoms with E-state index in [0.717, 1.165) is 18.5 Å². The van der Waals surface area contributed by atoms with E-state index in [0.29, 0.717) is 11.7 Å². The van der Waals surface area contributed by atoms with Crippen molar-refractivity contribution >= 4 is 0 Å². The van der Waals surface area contributed by atoms with Crippen molar-refractivity contribution in [1.29, 1.82) is 0 Å². The summed E-state index contributed by atoms with van der Waals surface area (Å²) in [7, 11) is 0. The van der Waals surface area contributed by atoms with Gasteiger partial charge >= 0.3 is 0 Å². The van der Waals surface area contributed by atoms with Gasteiger partial charge < -0.3 is 10.4 Å². The molecule has 0 bridgehead atoms. The number of hydrogen-bond donors (Lipinski definition) is 2. The van der Waals surface area contributed by atoms with Crippen LogP contribution < -0.4 is 5.32 Å². The molecule has 0 heterocycles. The maximum atomic E-state index is 9.50. The zero-order valence-electron chi connectivity index (χ0n) is 12.2. The zero-order valence-corrected chi connectivity index (χ0v) is 12.2. The van der Waals surface area contributed by atoms with Crippen LogP contribution in [0.2, 0.25) is 0 Å². The molecule has 2 N–H and O–H groups in total. The van der Waals surface area contributed by atoms with E-state index >= 15 is 0 Å². The fraction of sp³-hybridized carbons (Fsp3) is 0.333. The Hall–Kier alpha value is -1.80. The lowest BCUT2D eigenvalue weighted by atomic mass is 9.97. The third-order valence-electron chi connectivity index (χ3n) is 3.77. The molecule has 2 aromatic carbocycles. The van der Waals surface area contributed by atoms with Crippen molar-refractivity contribution in [3.05, 3.63) is 65.7 Å². The van der Waals surface area contributed by atoms with E-state index in [1.165, 1.54) is 5.56 Å². The SMILES string of the molecule is CC(CCNC(C)c1cccc(O)c1)c1ccccc1. The van der Waals surface area contributed by atoms with Gasteiger partial charge in [-0.25, -0.2) is 0 Å². The first-order valence-electron chi connectivity index (χ1n) is 7.24. The molecular formula is C18H23NO. The van der Waals surface area contributed by atoms with Crippen molar-refractivity contribution in [2.24, 2.45) is 0 Å². The molecule has 0 radical (unpaired) electrons. The van der Waals surface area contributed by atoms with Gasteiger partial charge in [-0.3, -0.25) is 0 Å². The molecule has 2 atom stereocenters. The molecule has 0 aliphatic heterocycles. The van der Waals surface area contributed by atoms with E-state index in [2.05, 4.69) is 49.5 Å². The monoisotopic (exact) mass is 269 g/mol. The molecule has 2 heteroatoms. The lowest BCUT2D eigenvalue weighted by molar-refractivity contribution is 0.471. The van der Waals surface area contributed by atoms with E-state index < -0.39 is 0 Å². The fourth-order valence-electron chi connectivity index (χ4n) is 2.38. The summed E-state index contributed by atoms with van der Waals surface area (Å²) in [6.07, 6.45) is 1.10. The molecule has 2 rings (SSSR count). The van der Waals surface area contributed by atoms with Gasteiger partial charge in [-0.1, -0.05) is 49.4 Å². The minimum absolute atomic E-state index is 0.255. The minimum atomic E-state index is 0.255. The molecule has 0 aromatic heterocycles. The molecule has 0 aliphatic carbocycles. The van der Waals surface area contributed by atoms with Gasteiger partial charge in [-0.2, -0.15) is 0 Å². The number of nitrogens with one attached hydrogen (secondary N) is 1. The average Bonchev–Trinajstić information content (AvgIpc) is 2.48. The molecule has 0 saturated heterocycles. The molecule has 0 fully saturated rings. The fourth-order valence-corrected chi connectivity index (χ4v) is 2.38. The Labute approximate surface area is 121 Å². The van der Waals surface area contributed by atoms with Gasteiger partial charge in [-0.05, 0) is 49.1 Å². The summed E-state index contributed by atoms with van der Waals surface area (Å²) in [4.78, 5) is 0. The van der Waals surface area contributed by atoms with Crippen LogP contribution in [0.4, 0.5) is 0 Å². The highest BCUT2D eigenvalue weighted by molar-refractivity contribution is 5.29. The van der Waals surface area contributed by atoms with Gasteiger partial charge in [0, 0.05) is 6.04 Å². The molecule has 106 valence electrons. The van der Waals surface area contributed by atoms with Crippen LogP contribution in [0, 0.1) is 0 Å². The van der Waals surface area contributed by atoms with Crippen LogP contribution in [-0.4, -0.2) is 11.7 Å². The quantitative estimate of drug-likeness (QED) is 0.822. The number of aromatic hydroxyl groups is 1. The summed E-state index contributed by atoms with van der Waals surface area (Å²) in [5, 5.41) is 13.0. The Morgan fingerprint density at radius 1 is 0.950 bits per heavy atom. The molecule has 2 aromatic rings. The Morgan fingerprint density at radius 2 is 1.65 bits per heavy atom. The standard InChI is InChI=1S/C18H23NO/c1-14(16-7-4-3-5-8-16)11-12-19-15(2)17-9-6-10-18(20)13-17/h3-10,13-15,19-20H,11-12H2,1-2H3. The Balaban J connectivity index is 1.81. The lowest BCUT2D eigenvalue weighted by Crippen LogP contribution is -2.21. The third kappa shape index (κ3) is 4.10. The molecule has 0 aliphatic rings. The van der Waals surface area contributed by atoms with Crippen molar-refractivity contribution < 1.29 is 5.11 Å².